The fourth-order valence-electron chi connectivity index (χ4n) is 7.80. The summed E-state index contributed by atoms with van der Waals surface area (Å²) in [5.74, 6) is -0.559. The summed E-state index contributed by atoms with van der Waals surface area (Å²) < 4.78 is 5.92. The average molecular weight is 930 g/mol. The fourth-order valence-corrected chi connectivity index (χ4v) is 7.80. The lowest BCUT2D eigenvalue weighted by atomic mass is 10.0. The van der Waals surface area contributed by atoms with Crippen molar-refractivity contribution in [1.82, 2.24) is 5.32 Å². The number of carbonyl (C=O) groups excluding carboxylic acids is 2. The van der Waals surface area contributed by atoms with Crippen LogP contribution in [0.3, 0.4) is 0 Å². The maximum atomic E-state index is 13.3. The van der Waals surface area contributed by atoms with Gasteiger partial charge in [-0.1, -0.05) is 252 Å². The number of allylic oxidation sites excluding steroid dienone is 18. The summed E-state index contributed by atoms with van der Waals surface area (Å²) in [6.07, 6.45) is 72.9. The minimum Gasteiger partial charge on any atom is -0.462 e. The molecule has 0 aromatic heterocycles. The molecule has 0 fully saturated rings. The van der Waals surface area contributed by atoms with E-state index >= 15 is 0 Å². The first kappa shape index (κ1) is 63.5. The van der Waals surface area contributed by atoms with Gasteiger partial charge < -0.3 is 20.3 Å². The van der Waals surface area contributed by atoms with Gasteiger partial charge in [-0.2, -0.15) is 0 Å². The number of amides is 1. The normalized spacial score (nSPS) is 14.0. The topological polar surface area (TPSA) is 95.9 Å². The quantitative estimate of drug-likeness (QED) is 0.0244. The second-order valence-electron chi connectivity index (χ2n) is 18.4. The Balaban J connectivity index is 4.72. The van der Waals surface area contributed by atoms with Gasteiger partial charge in [0, 0.05) is 6.42 Å². The number of ether oxygens (including phenoxy) is 1. The second-order valence-corrected chi connectivity index (χ2v) is 18.4. The fraction of sp³-hybridized carbons (Fsp3) is 0.672. The van der Waals surface area contributed by atoms with Crippen LogP contribution in [0.15, 0.2) is 109 Å². The Labute approximate surface area is 413 Å². The molecule has 0 aromatic carbocycles. The third kappa shape index (κ3) is 48.8. The maximum Gasteiger partial charge on any atom is 0.306 e. The Morgan fingerprint density at radius 3 is 1.42 bits per heavy atom. The van der Waals surface area contributed by atoms with Gasteiger partial charge >= 0.3 is 5.97 Å². The zero-order valence-corrected chi connectivity index (χ0v) is 43.5. The molecule has 6 nitrogen and oxygen atoms in total. The summed E-state index contributed by atoms with van der Waals surface area (Å²) >= 11 is 0. The van der Waals surface area contributed by atoms with E-state index in [1.54, 1.807) is 0 Å². The van der Waals surface area contributed by atoms with Crippen LogP contribution in [-0.2, 0) is 14.3 Å². The molecule has 1 amide bonds. The number of carbonyl (C=O) groups is 2. The number of esters is 1. The monoisotopic (exact) mass is 930 g/mol. The highest BCUT2D eigenvalue weighted by molar-refractivity contribution is 5.77. The van der Waals surface area contributed by atoms with Gasteiger partial charge in [0.25, 0.3) is 0 Å². The Morgan fingerprint density at radius 2 is 0.896 bits per heavy atom. The lowest BCUT2D eigenvalue weighted by Gasteiger charge is -2.24. The van der Waals surface area contributed by atoms with Crippen molar-refractivity contribution >= 4 is 11.9 Å². The molecule has 0 saturated heterocycles. The highest BCUT2D eigenvalue weighted by atomic mass is 16.5. The lowest BCUT2D eigenvalue weighted by Crippen LogP contribution is -2.46. The molecule has 3 atom stereocenters. The van der Waals surface area contributed by atoms with Crippen LogP contribution < -0.4 is 5.32 Å². The molecule has 0 heterocycles. The summed E-state index contributed by atoms with van der Waals surface area (Å²) in [6, 6.07) is -0.731. The molecule has 0 spiro atoms. The van der Waals surface area contributed by atoms with Crippen LogP contribution in [0.5, 0.6) is 0 Å². The maximum absolute atomic E-state index is 13.3. The Morgan fingerprint density at radius 1 is 0.463 bits per heavy atom. The first-order valence-corrected chi connectivity index (χ1v) is 27.7. The van der Waals surface area contributed by atoms with E-state index in [0.29, 0.717) is 19.3 Å². The van der Waals surface area contributed by atoms with Gasteiger partial charge in [0.1, 0.15) is 6.10 Å². The van der Waals surface area contributed by atoms with Crippen molar-refractivity contribution in [1.29, 1.82) is 0 Å². The van der Waals surface area contributed by atoms with Gasteiger partial charge in [0.05, 0.1) is 25.2 Å². The third-order valence-corrected chi connectivity index (χ3v) is 11.9. The Hall–Kier alpha value is -3.48. The molecule has 0 aliphatic heterocycles. The molecular weight excluding hydrogens is 827 g/mol. The molecule has 0 aliphatic rings. The Bertz CT molecular complexity index is 1370. The third-order valence-electron chi connectivity index (χ3n) is 11.9. The molecular formula is C61H103NO5. The van der Waals surface area contributed by atoms with Crippen LogP contribution in [0.25, 0.3) is 0 Å². The smallest absolute Gasteiger partial charge is 0.306 e. The van der Waals surface area contributed by atoms with Crippen LogP contribution in [0, 0.1) is 0 Å². The molecule has 0 aromatic rings. The van der Waals surface area contributed by atoms with Crippen molar-refractivity contribution in [2.45, 2.75) is 257 Å². The van der Waals surface area contributed by atoms with Crippen molar-refractivity contribution in [2.24, 2.45) is 0 Å². The van der Waals surface area contributed by atoms with Gasteiger partial charge in [0.2, 0.25) is 5.91 Å². The number of unbranched alkanes of at least 4 members (excludes halogenated alkanes) is 22. The second kappa shape index (κ2) is 53.5. The van der Waals surface area contributed by atoms with Crippen molar-refractivity contribution in [2.75, 3.05) is 6.61 Å². The summed E-state index contributed by atoms with van der Waals surface area (Å²) in [4.78, 5) is 26.2. The van der Waals surface area contributed by atoms with E-state index < -0.39 is 18.2 Å². The van der Waals surface area contributed by atoms with Crippen LogP contribution in [0.4, 0.5) is 0 Å². The van der Waals surface area contributed by atoms with Gasteiger partial charge in [-0.05, 0) is 83.5 Å². The van der Waals surface area contributed by atoms with Crippen LogP contribution in [0.2, 0.25) is 0 Å². The highest BCUT2D eigenvalue weighted by Gasteiger charge is 2.24. The predicted octanol–water partition coefficient (Wildman–Crippen LogP) is 17.1. The summed E-state index contributed by atoms with van der Waals surface area (Å²) in [6.45, 7) is 6.27. The van der Waals surface area contributed by atoms with Crippen molar-refractivity contribution in [3.05, 3.63) is 109 Å². The van der Waals surface area contributed by atoms with Gasteiger partial charge in [-0.15, -0.1) is 0 Å². The highest BCUT2D eigenvalue weighted by Crippen LogP contribution is 2.17. The standard InChI is InChI=1S/C61H103NO5/c1-4-7-10-13-16-19-22-25-28-31-34-37-40-43-46-49-52-57(67-61(66)54-51-48-45-42-39-36-33-30-27-24-21-18-15-12-9-6-3)55-60(65)62-58(56-63)59(64)53-50-47-44-41-38-35-32-29-26-23-20-17-14-11-8-5-2/h9-10,12-13,16,18-19,21-22,25,27-28,30-31,34,36-37,39,57-59,63-64H,4-8,11,14-15,17,20,23-24,26,29,32-33,35,38,40-56H2,1-3H3,(H,62,65)/b12-9+,13-10+,19-16+,21-18+,25-22+,30-27+,31-28+,37-34+,39-36+. The van der Waals surface area contributed by atoms with E-state index in [9.17, 15) is 19.8 Å². The lowest BCUT2D eigenvalue weighted by molar-refractivity contribution is -0.151. The van der Waals surface area contributed by atoms with Crippen LogP contribution in [-0.4, -0.2) is 46.9 Å². The number of hydrogen-bond acceptors (Lipinski definition) is 5. The molecule has 0 bridgehead atoms. The summed E-state index contributed by atoms with van der Waals surface area (Å²) in [7, 11) is 0. The molecule has 6 heteroatoms. The number of hydrogen-bond donors (Lipinski definition) is 3. The molecule has 67 heavy (non-hydrogen) atoms. The van der Waals surface area contributed by atoms with E-state index in [-0.39, 0.29) is 24.9 Å². The first-order valence-electron chi connectivity index (χ1n) is 27.7. The minimum atomic E-state index is -0.813. The molecule has 3 N–H and O–H groups in total. The van der Waals surface area contributed by atoms with E-state index in [2.05, 4.69) is 99.0 Å². The molecule has 0 aliphatic carbocycles. The number of nitrogens with one attached hydrogen (secondary N) is 1. The van der Waals surface area contributed by atoms with Crippen LogP contribution >= 0.6 is 0 Å². The first-order chi connectivity index (χ1) is 33.0. The summed E-state index contributed by atoms with van der Waals surface area (Å²) in [5, 5.41) is 23.9. The van der Waals surface area contributed by atoms with E-state index in [4.69, 9.17) is 4.74 Å². The van der Waals surface area contributed by atoms with E-state index in [1.807, 2.05) is 36.5 Å². The average Bonchev–Trinajstić information content (AvgIpc) is 3.32. The Kier molecular flexibility index (Phi) is 50.7. The predicted molar refractivity (Wildman–Crippen MR) is 291 cm³/mol. The van der Waals surface area contributed by atoms with E-state index in [0.717, 1.165) is 109 Å². The molecule has 3 unspecified atom stereocenters. The van der Waals surface area contributed by atoms with Gasteiger partial charge in [-0.25, -0.2) is 0 Å². The van der Waals surface area contributed by atoms with Gasteiger partial charge in [0.15, 0.2) is 0 Å². The number of rotatable bonds is 48. The molecule has 0 saturated carbocycles. The van der Waals surface area contributed by atoms with Crippen molar-refractivity contribution in [3.63, 3.8) is 0 Å². The van der Waals surface area contributed by atoms with Crippen LogP contribution in [0.1, 0.15) is 239 Å². The zero-order valence-electron chi connectivity index (χ0n) is 43.5. The number of aliphatic hydroxyl groups is 2. The zero-order chi connectivity index (χ0) is 48.8. The van der Waals surface area contributed by atoms with Gasteiger partial charge in [-0.3, -0.25) is 9.59 Å². The number of aliphatic hydroxyl groups excluding tert-OH is 2. The SMILES string of the molecule is CC/C=C/C/C=C/C/C=C/C/C=C/CCCCCC(=O)OC(CCCCC/C=C/C=C/C=C/C=C/C=C/CCC)CC(=O)NC(CO)C(O)CCCCCCCCCCCCCCCCCC. The molecule has 382 valence electrons. The summed E-state index contributed by atoms with van der Waals surface area (Å²) in [5.41, 5.74) is 0. The molecule has 0 rings (SSSR count). The molecule has 0 radical (unpaired) electrons. The van der Waals surface area contributed by atoms with Crippen molar-refractivity contribution in [3.8, 4) is 0 Å². The van der Waals surface area contributed by atoms with Crippen molar-refractivity contribution < 1.29 is 24.5 Å². The minimum absolute atomic E-state index is 0.0300. The van der Waals surface area contributed by atoms with E-state index in [1.165, 1.54) is 83.5 Å². The largest absolute Gasteiger partial charge is 0.462 e.